The summed E-state index contributed by atoms with van der Waals surface area (Å²) < 4.78 is 34.5. The van der Waals surface area contributed by atoms with Crippen LogP contribution in [-0.2, 0) is 27.8 Å². The summed E-state index contributed by atoms with van der Waals surface area (Å²) in [5, 5.41) is 0. The van der Waals surface area contributed by atoms with E-state index in [2.05, 4.69) is 27.7 Å². The largest absolute Gasteiger partial charge is 0.392 e. The Labute approximate surface area is 153 Å². The zero-order chi connectivity index (χ0) is 18.1. The summed E-state index contributed by atoms with van der Waals surface area (Å²) in [6.07, 6.45) is 2.94. The Morgan fingerprint density at radius 3 is 1.52 bits per heavy atom. The molecule has 0 aliphatic carbocycles. The highest BCUT2D eigenvalue weighted by atomic mass is 28.4. The fourth-order valence-corrected chi connectivity index (χ4v) is 6.75. The monoisotopic (exact) mass is 376 g/mol. The van der Waals surface area contributed by atoms with Crippen LogP contribution in [-0.4, -0.2) is 72.6 Å². The van der Waals surface area contributed by atoms with E-state index in [4.69, 9.17) is 27.8 Å². The number of rotatable bonds is 16. The minimum Gasteiger partial charge on any atom is -0.392 e. The van der Waals surface area contributed by atoms with E-state index < -0.39 is 8.56 Å². The van der Waals surface area contributed by atoms with Gasteiger partial charge in [-0.1, -0.05) is 0 Å². The molecule has 0 aromatic heterocycles. The van der Waals surface area contributed by atoms with Crippen molar-refractivity contribution < 1.29 is 27.8 Å². The fraction of sp³-hybridized carbons (Fsp3) is 1.00. The van der Waals surface area contributed by atoms with Crippen molar-refractivity contribution in [3.05, 3.63) is 0 Å². The van der Waals surface area contributed by atoms with Gasteiger partial charge in [0.15, 0.2) is 0 Å². The Kier molecular flexibility index (Phi) is 9.33. The molecular weight excluding hydrogens is 340 g/mol. The van der Waals surface area contributed by atoms with Crippen LogP contribution in [0.1, 0.15) is 40.5 Å². The first-order valence-electron chi connectivity index (χ1n) is 9.73. The second kappa shape index (κ2) is 11.0. The van der Waals surface area contributed by atoms with Crippen LogP contribution in [0.3, 0.4) is 0 Å². The first-order chi connectivity index (χ1) is 12.0. The van der Waals surface area contributed by atoms with E-state index in [-0.39, 0.29) is 12.2 Å². The molecule has 0 aromatic rings. The predicted octanol–water partition coefficient (Wildman–Crippen LogP) is 2.89. The molecule has 2 saturated heterocycles. The van der Waals surface area contributed by atoms with E-state index in [9.17, 15) is 0 Å². The lowest BCUT2D eigenvalue weighted by atomic mass is 10.5. The van der Waals surface area contributed by atoms with Crippen molar-refractivity contribution in [3.8, 4) is 0 Å². The van der Waals surface area contributed by atoms with Crippen LogP contribution in [0.15, 0.2) is 0 Å². The maximum absolute atomic E-state index is 6.38. The Morgan fingerprint density at radius 1 is 0.800 bits per heavy atom. The molecule has 0 aromatic carbocycles. The van der Waals surface area contributed by atoms with Crippen LogP contribution >= 0.6 is 0 Å². The first kappa shape index (κ1) is 21.3. The first-order valence-corrected chi connectivity index (χ1v) is 12.0. The van der Waals surface area contributed by atoms with Crippen molar-refractivity contribution in [2.24, 2.45) is 0 Å². The molecule has 2 aliphatic rings. The van der Waals surface area contributed by atoms with E-state index in [1.165, 1.54) is 0 Å². The summed E-state index contributed by atoms with van der Waals surface area (Å²) in [5.74, 6) is 0. The van der Waals surface area contributed by atoms with Gasteiger partial charge in [0.25, 0.3) is 0 Å². The van der Waals surface area contributed by atoms with Crippen molar-refractivity contribution >= 4 is 8.56 Å². The molecule has 6 nitrogen and oxygen atoms in total. The topological polar surface area (TPSA) is 62.0 Å². The van der Waals surface area contributed by atoms with Crippen molar-refractivity contribution in [2.75, 3.05) is 39.6 Å². The number of epoxide rings is 2. The zero-order valence-electron chi connectivity index (χ0n) is 16.3. The lowest BCUT2D eigenvalue weighted by molar-refractivity contribution is 0.0865. The molecular formula is C18H36O6Si. The van der Waals surface area contributed by atoms with Crippen LogP contribution in [0.2, 0.25) is 12.1 Å². The molecule has 2 atom stereocenters. The van der Waals surface area contributed by atoms with Gasteiger partial charge in [-0.25, -0.2) is 0 Å². The molecule has 25 heavy (non-hydrogen) atoms. The van der Waals surface area contributed by atoms with Crippen LogP contribution in [0.4, 0.5) is 0 Å². The lowest BCUT2D eigenvalue weighted by Crippen LogP contribution is -2.46. The van der Waals surface area contributed by atoms with Crippen LogP contribution in [0.5, 0.6) is 0 Å². The Balaban J connectivity index is 1.74. The maximum atomic E-state index is 6.38. The van der Waals surface area contributed by atoms with Gasteiger partial charge in [-0.15, -0.1) is 0 Å². The highest BCUT2D eigenvalue weighted by Gasteiger charge is 2.39. The maximum Gasteiger partial charge on any atom is 0.338 e. The molecule has 2 rings (SSSR count). The van der Waals surface area contributed by atoms with Gasteiger partial charge in [0.2, 0.25) is 0 Å². The number of hydrogen-bond donors (Lipinski definition) is 0. The summed E-state index contributed by atoms with van der Waals surface area (Å²) in [7, 11) is -2.27. The fourth-order valence-electron chi connectivity index (χ4n) is 2.89. The van der Waals surface area contributed by atoms with Crippen LogP contribution in [0.25, 0.3) is 0 Å². The standard InChI is InChI=1S/C18H36O6Si/c1-15(2)23-25(24-16(3)4,9-5-7-19-11-17-13-21-17)10-6-8-20-12-18-14-22-18/h15-18H,5-14H2,1-4H3. The van der Waals surface area contributed by atoms with Crippen LogP contribution < -0.4 is 0 Å². The second-order valence-corrected chi connectivity index (χ2v) is 10.8. The predicted molar refractivity (Wildman–Crippen MR) is 98.2 cm³/mol. The molecule has 2 unspecified atom stereocenters. The van der Waals surface area contributed by atoms with Gasteiger partial charge < -0.3 is 27.8 Å². The third kappa shape index (κ3) is 10.0. The number of ether oxygens (including phenoxy) is 4. The van der Waals surface area contributed by atoms with Gasteiger partial charge in [-0.05, 0) is 52.6 Å². The van der Waals surface area contributed by atoms with Gasteiger partial charge in [-0.3, -0.25) is 0 Å². The van der Waals surface area contributed by atoms with E-state index in [0.717, 1.165) is 51.4 Å². The highest BCUT2D eigenvalue weighted by molar-refractivity contribution is 6.67. The molecule has 0 radical (unpaired) electrons. The van der Waals surface area contributed by atoms with E-state index in [1.54, 1.807) is 0 Å². The SMILES string of the molecule is CC(C)O[Si](CCCOCC1CO1)(CCCOCC1CO1)OC(C)C. The average molecular weight is 377 g/mol. The van der Waals surface area contributed by atoms with Gasteiger partial charge in [0.05, 0.1) is 26.4 Å². The Hall–Kier alpha value is -0.0231. The molecule has 148 valence electrons. The number of hydrogen-bond acceptors (Lipinski definition) is 6. The summed E-state index contributed by atoms with van der Waals surface area (Å²) >= 11 is 0. The average Bonchev–Trinajstić information content (AvgIpc) is 3.40. The second-order valence-electron chi connectivity index (χ2n) is 7.51. The molecule has 2 aliphatic heterocycles. The van der Waals surface area contributed by atoms with Crippen molar-refractivity contribution in [1.29, 1.82) is 0 Å². The lowest BCUT2D eigenvalue weighted by Gasteiger charge is -2.34. The van der Waals surface area contributed by atoms with Crippen molar-refractivity contribution in [3.63, 3.8) is 0 Å². The van der Waals surface area contributed by atoms with Gasteiger partial charge in [0.1, 0.15) is 12.2 Å². The molecule has 0 spiro atoms. The van der Waals surface area contributed by atoms with Crippen molar-refractivity contribution in [2.45, 2.75) is 77.0 Å². The molecule has 0 bridgehead atoms. The van der Waals surface area contributed by atoms with Gasteiger partial charge in [-0.2, -0.15) is 0 Å². The third-order valence-electron chi connectivity index (χ3n) is 4.01. The van der Waals surface area contributed by atoms with E-state index >= 15 is 0 Å². The van der Waals surface area contributed by atoms with Gasteiger partial charge >= 0.3 is 8.56 Å². The van der Waals surface area contributed by atoms with Gasteiger partial charge in [0, 0.05) is 25.4 Å². The molecule has 7 heteroatoms. The molecule has 2 heterocycles. The van der Waals surface area contributed by atoms with E-state index in [0.29, 0.717) is 25.4 Å². The zero-order valence-corrected chi connectivity index (χ0v) is 17.3. The summed E-state index contributed by atoms with van der Waals surface area (Å²) in [5.41, 5.74) is 0. The molecule has 0 amide bonds. The van der Waals surface area contributed by atoms with E-state index in [1.807, 2.05) is 0 Å². The third-order valence-corrected chi connectivity index (χ3v) is 8.04. The smallest absolute Gasteiger partial charge is 0.338 e. The van der Waals surface area contributed by atoms with Crippen molar-refractivity contribution in [1.82, 2.24) is 0 Å². The van der Waals surface area contributed by atoms with Crippen LogP contribution in [0, 0.1) is 0 Å². The minimum absolute atomic E-state index is 0.173. The summed E-state index contributed by atoms with van der Waals surface area (Å²) in [4.78, 5) is 0. The Bertz CT molecular complexity index is 323. The normalized spacial score (nSPS) is 22.8. The molecule has 2 fully saturated rings. The highest BCUT2D eigenvalue weighted by Crippen LogP contribution is 2.27. The summed E-state index contributed by atoms with van der Waals surface area (Å²) in [6.45, 7) is 13.0. The summed E-state index contributed by atoms with van der Waals surface area (Å²) in [6, 6.07) is 1.92. The molecule has 0 N–H and O–H groups in total. The quantitative estimate of drug-likeness (QED) is 0.234. The Morgan fingerprint density at radius 2 is 1.20 bits per heavy atom. The molecule has 0 saturated carbocycles. The minimum atomic E-state index is -2.27.